The molecule has 0 fully saturated rings. The van der Waals surface area contributed by atoms with Crippen molar-refractivity contribution in [2.75, 3.05) is 13.2 Å². The van der Waals surface area contributed by atoms with E-state index in [1.807, 2.05) is 0 Å². The number of hydrogen-bond acceptors (Lipinski definition) is 7. The molecule has 2 atom stereocenters. The maximum Gasteiger partial charge on any atom is 0.424 e. The number of hydrogen-bond donors (Lipinski definition) is 3. The molecule has 40 heavy (non-hydrogen) atoms. The molecular formula is C27H22F4N4O5. The summed E-state index contributed by atoms with van der Waals surface area (Å²) in [7, 11) is 0. The van der Waals surface area contributed by atoms with Gasteiger partial charge in [0.05, 0.1) is 12.2 Å². The van der Waals surface area contributed by atoms with Gasteiger partial charge in [-0.05, 0) is 55.5 Å². The highest BCUT2D eigenvalue weighted by molar-refractivity contribution is 5.97. The third-order valence-electron chi connectivity index (χ3n) is 6.89. The Morgan fingerprint density at radius 1 is 1.12 bits per heavy atom. The van der Waals surface area contributed by atoms with Crippen LogP contribution in [0.3, 0.4) is 0 Å². The van der Waals surface area contributed by atoms with Crippen molar-refractivity contribution in [3.63, 3.8) is 0 Å². The first kappa shape index (κ1) is 27.1. The molecule has 0 saturated heterocycles. The van der Waals surface area contributed by atoms with Crippen molar-refractivity contribution in [1.29, 1.82) is 0 Å². The van der Waals surface area contributed by atoms with Gasteiger partial charge in [0.25, 0.3) is 5.91 Å². The van der Waals surface area contributed by atoms with Gasteiger partial charge in [0, 0.05) is 23.6 Å². The molecule has 4 N–H and O–H groups in total. The summed E-state index contributed by atoms with van der Waals surface area (Å²) in [5, 5.41) is 13.2. The van der Waals surface area contributed by atoms with Crippen LogP contribution in [0.15, 0.2) is 52.9 Å². The number of aromatic nitrogens is 2. The van der Waals surface area contributed by atoms with Crippen molar-refractivity contribution < 1.29 is 41.4 Å². The van der Waals surface area contributed by atoms with Crippen LogP contribution in [0.4, 0.5) is 17.6 Å². The molecule has 0 aliphatic carbocycles. The Morgan fingerprint density at radius 3 is 2.48 bits per heavy atom. The summed E-state index contributed by atoms with van der Waals surface area (Å²) in [4.78, 5) is 33.3. The first-order valence-corrected chi connectivity index (χ1v) is 11.9. The van der Waals surface area contributed by atoms with Crippen molar-refractivity contribution in [3.05, 3.63) is 77.1 Å². The number of halogens is 4. The number of nitrogens with one attached hydrogen (secondary N) is 1. The average Bonchev–Trinajstić information content (AvgIpc) is 3.45. The van der Waals surface area contributed by atoms with E-state index in [0.717, 1.165) is 18.2 Å². The topological polar surface area (TPSA) is 141 Å². The number of pyridine rings is 1. The Labute approximate surface area is 224 Å². The van der Waals surface area contributed by atoms with E-state index in [1.54, 1.807) is 6.92 Å². The Kier molecular flexibility index (Phi) is 6.29. The maximum absolute atomic E-state index is 14.5. The molecule has 3 heterocycles. The fourth-order valence-electron chi connectivity index (χ4n) is 4.43. The molecule has 1 aliphatic rings. The summed E-state index contributed by atoms with van der Waals surface area (Å²) in [5.41, 5.74) is 0.0358. The second-order valence-corrected chi connectivity index (χ2v) is 9.68. The standard InChI is InChI=1S/C27H22F4N4O5/c1-13-34-18-9-15(5-8-19(18)40-13)23(36)33-11-26(38,27(29,30)31)20-10-17-22(39-12-25(17,2)24(32)37)21(35-20)14-3-6-16(28)7-4-14/h3-10,38H,11-12H2,1-2H3,(H2,32,37)(H,33,36)/t25-,26-/m0/s1. The predicted molar refractivity (Wildman–Crippen MR) is 133 cm³/mol. The molecule has 0 unspecified atom stereocenters. The molecule has 0 spiro atoms. The van der Waals surface area contributed by atoms with Crippen LogP contribution in [0.1, 0.15) is 34.4 Å². The normalized spacial score (nSPS) is 18.2. The molecule has 9 nitrogen and oxygen atoms in total. The van der Waals surface area contributed by atoms with Crippen LogP contribution in [-0.4, -0.2) is 46.2 Å². The molecular weight excluding hydrogens is 536 g/mol. The minimum Gasteiger partial charge on any atom is -0.489 e. The lowest BCUT2D eigenvalue weighted by Crippen LogP contribution is -2.51. The number of oxazole rings is 1. The van der Waals surface area contributed by atoms with Crippen LogP contribution in [-0.2, 0) is 15.8 Å². The van der Waals surface area contributed by atoms with Crippen LogP contribution in [0.2, 0.25) is 0 Å². The highest BCUT2D eigenvalue weighted by Crippen LogP contribution is 2.47. The number of ether oxygens (including phenoxy) is 1. The van der Waals surface area contributed by atoms with Gasteiger partial charge in [-0.2, -0.15) is 13.2 Å². The van der Waals surface area contributed by atoms with Gasteiger partial charge in [0.1, 0.15) is 34.8 Å². The van der Waals surface area contributed by atoms with Crippen molar-refractivity contribution >= 4 is 22.9 Å². The molecule has 4 aromatic rings. The molecule has 2 aromatic carbocycles. The van der Waals surface area contributed by atoms with Crippen LogP contribution in [0.25, 0.3) is 22.4 Å². The number of nitrogens with two attached hydrogens (primary N) is 1. The van der Waals surface area contributed by atoms with E-state index in [4.69, 9.17) is 14.9 Å². The maximum atomic E-state index is 14.5. The largest absolute Gasteiger partial charge is 0.489 e. The lowest BCUT2D eigenvalue weighted by atomic mass is 9.81. The molecule has 2 amide bonds. The van der Waals surface area contributed by atoms with E-state index in [-0.39, 0.29) is 34.7 Å². The fraction of sp³-hybridized carbons (Fsp3) is 0.259. The number of carbonyl (C=O) groups excluding carboxylic acids is 2. The number of fused-ring (bicyclic) bond motifs is 2. The SMILES string of the molecule is Cc1nc2cc(C(=O)NC[C@](O)(c3cc4c(c(-c5ccc(F)cc5)n3)OC[C@]4(C)C(N)=O)C(F)(F)F)ccc2o1. The third-order valence-corrected chi connectivity index (χ3v) is 6.89. The van der Waals surface area contributed by atoms with E-state index in [9.17, 15) is 32.3 Å². The van der Waals surface area contributed by atoms with Crippen molar-refractivity contribution in [1.82, 2.24) is 15.3 Å². The van der Waals surface area contributed by atoms with Crippen LogP contribution in [0, 0.1) is 12.7 Å². The molecule has 0 bridgehead atoms. The van der Waals surface area contributed by atoms with Crippen molar-refractivity contribution in [3.8, 4) is 17.0 Å². The third kappa shape index (κ3) is 4.41. The fourth-order valence-corrected chi connectivity index (χ4v) is 4.43. The number of aryl methyl sites for hydroxylation is 1. The predicted octanol–water partition coefficient (Wildman–Crippen LogP) is 3.65. The number of aliphatic hydroxyl groups is 1. The monoisotopic (exact) mass is 558 g/mol. The summed E-state index contributed by atoms with van der Waals surface area (Å²) >= 11 is 0. The van der Waals surface area contributed by atoms with E-state index in [1.165, 1.54) is 37.3 Å². The summed E-state index contributed by atoms with van der Waals surface area (Å²) in [6.45, 7) is 1.37. The van der Waals surface area contributed by atoms with Gasteiger partial charge in [-0.15, -0.1) is 0 Å². The van der Waals surface area contributed by atoms with Gasteiger partial charge in [0.15, 0.2) is 11.5 Å². The molecule has 1 aliphatic heterocycles. The Bertz CT molecular complexity index is 1650. The molecule has 13 heteroatoms. The Morgan fingerprint density at radius 2 is 1.82 bits per heavy atom. The molecule has 0 saturated carbocycles. The minimum absolute atomic E-state index is 0.0195. The smallest absolute Gasteiger partial charge is 0.424 e. The van der Waals surface area contributed by atoms with Crippen molar-refractivity contribution in [2.45, 2.75) is 31.0 Å². The minimum atomic E-state index is -5.34. The number of amides is 2. The van der Waals surface area contributed by atoms with Gasteiger partial charge >= 0.3 is 6.18 Å². The van der Waals surface area contributed by atoms with Crippen molar-refractivity contribution in [2.24, 2.45) is 5.73 Å². The van der Waals surface area contributed by atoms with E-state index in [0.29, 0.717) is 17.0 Å². The van der Waals surface area contributed by atoms with Gasteiger partial charge in [-0.3, -0.25) is 9.59 Å². The van der Waals surface area contributed by atoms with E-state index < -0.39 is 47.1 Å². The zero-order chi connectivity index (χ0) is 29.0. The number of nitrogens with zero attached hydrogens (tertiary/aromatic N) is 2. The summed E-state index contributed by atoms with van der Waals surface area (Å²) in [5.74, 6) is -2.09. The summed E-state index contributed by atoms with van der Waals surface area (Å²) in [6, 6.07) is 9.69. The Hall–Kier alpha value is -4.52. The molecule has 2 aromatic heterocycles. The lowest BCUT2D eigenvalue weighted by molar-refractivity contribution is -0.265. The highest BCUT2D eigenvalue weighted by atomic mass is 19.4. The first-order valence-electron chi connectivity index (χ1n) is 11.9. The summed E-state index contributed by atoms with van der Waals surface area (Å²) in [6.07, 6.45) is -5.34. The Balaban J connectivity index is 1.58. The van der Waals surface area contributed by atoms with Crippen LogP contribution >= 0.6 is 0 Å². The number of rotatable bonds is 6. The quantitative estimate of drug-likeness (QED) is 0.307. The second kappa shape index (κ2) is 9.30. The number of alkyl halides is 3. The molecule has 5 rings (SSSR count). The molecule has 0 radical (unpaired) electrons. The second-order valence-electron chi connectivity index (χ2n) is 9.68. The number of primary amides is 1. The van der Waals surface area contributed by atoms with Gasteiger partial charge < -0.3 is 25.3 Å². The van der Waals surface area contributed by atoms with Crippen LogP contribution < -0.4 is 15.8 Å². The summed E-state index contributed by atoms with van der Waals surface area (Å²) < 4.78 is 68.1. The number of benzene rings is 2. The first-order chi connectivity index (χ1) is 18.7. The van der Waals surface area contributed by atoms with E-state index in [2.05, 4.69) is 15.3 Å². The van der Waals surface area contributed by atoms with Gasteiger partial charge in [0.2, 0.25) is 11.5 Å². The highest BCUT2D eigenvalue weighted by Gasteiger charge is 2.57. The van der Waals surface area contributed by atoms with Crippen LogP contribution in [0.5, 0.6) is 5.75 Å². The number of carbonyl (C=O) groups is 2. The van der Waals surface area contributed by atoms with E-state index >= 15 is 0 Å². The zero-order valence-electron chi connectivity index (χ0n) is 21.1. The molecule has 208 valence electrons. The lowest BCUT2D eigenvalue weighted by Gasteiger charge is -2.31. The van der Waals surface area contributed by atoms with Gasteiger partial charge in [-0.1, -0.05) is 0 Å². The van der Waals surface area contributed by atoms with Gasteiger partial charge in [-0.25, -0.2) is 14.4 Å². The zero-order valence-corrected chi connectivity index (χ0v) is 21.1. The average molecular weight is 558 g/mol.